The molecular weight excluding hydrogens is 599 g/mol. The van der Waals surface area contributed by atoms with Gasteiger partial charge in [0.25, 0.3) is 0 Å². The van der Waals surface area contributed by atoms with E-state index in [9.17, 15) is 0 Å². The maximum atomic E-state index is 4.93. The minimum atomic E-state index is -0.826. The number of aliphatic imine (C=N–C) groups is 2. The summed E-state index contributed by atoms with van der Waals surface area (Å²) in [7, 11) is 9.87. The van der Waals surface area contributed by atoms with Crippen LogP contribution in [0, 0.1) is 26.0 Å². The molecule has 188 valence electrons. The van der Waals surface area contributed by atoms with Crippen molar-refractivity contribution in [2.24, 2.45) is 9.98 Å². The topological polar surface area (TPSA) is 24.7 Å². The number of allylic oxidation sites excluding steroid dienone is 4. The van der Waals surface area contributed by atoms with Crippen molar-refractivity contribution in [2.45, 2.75) is 27.7 Å². The Morgan fingerprint density at radius 2 is 0.974 bits per heavy atom. The standard InChI is InChI=1S/2C17H12N.2ClH.Zr/c2*1-10-7-8-12-11(2)16-13-5-3-4-6-15(13)18-17(16)14(12)9-10;;;/h2*3-7,9H,1-2H3;2*1H;/q2*-1;;;+4/p-2. The summed E-state index contributed by atoms with van der Waals surface area (Å²) in [5.74, 6) is 0. The molecule has 0 saturated heterocycles. The summed E-state index contributed by atoms with van der Waals surface area (Å²) in [6.45, 7) is 8.55. The Morgan fingerprint density at radius 1 is 0.590 bits per heavy atom. The third-order valence-corrected chi connectivity index (χ3v) is 7.47. The Morgan fingerprint density at radius 3 is 1.38 bits per heavy atom. The van der Waals surface area contributed by atoms with Crippen LogP contribution in [0.2, 0.25) is 0 Å². The third-order valence-electron chi connectivity index (χ3n) is 7.47. The van der Waals surface area contributed by atoms with Gasteiger partial charge in [-0.2, -0.15) is 0 Å². The van der Waals surface area contributed by atoms with Crippen LogP contribution in [0.4, 0.5) is 11.4 Å². The molecule has 0 amide bonds. The van der Waals surface area contributed by atoms with Gasteiger partial charge in [0.1, 0.15) is 0 Å². The van der Waals surface area contributed by atoms with Crippen molar-refractivity contribution in [1.82, 2.24) is 0 Å². The van der Waals surface area contributed by atoms with Crippen molar-refractivity contribution in [3.8, 4) is 0 Å². The van der Waals surface area contributed by atoms with Crippen molar-refractivity contribution < 1.29 is 20.8 Å². The molecule has 0 radical (unpaired) electrons. The van der Waals surface area contributed by atoms with Crippen LogP contribution in [-0.2, 0) is 20.8 Å². The van der Waals surface area contributed by atoms with Crippen molar-refractivity contribution in [2.75, 3.05) is 0 Å². The van der Waals surface area contributed by atoms with Gasteiger partial charge in [-0.05, 0) is 34.4 Å². The van der Waals surface area contributed by atoms with Crippen LogP contribution in [0.5, 0.6) is 0 Å². The summed E-state index contributed by atoms with van der Waals surface area (Å²) in [4.78, 5) is 9.57. The first-order valence-corrected chi connectivity index (χ1v) is 19.1. The Balaban J connectivity index is 0.000000129. The Hall–Kier alpha value is -2.84. The molecule has 0 bridgehead atoms. The fourth-order valence-electron chi connectivity index (χ4n) is 5.78. The van der Waals surface area contributed by atoms with Gasteiger partial charge in [0.2, 0.25) is 0 Å². The predicted molar refractivity (Wildman–Crippen MR) is 162 cm³/mol. The second-order valence-corrected chi connectivity index (χ2v) is 13.7. The zero-order valence-corrected chi connectivity index (χ0v) is 26.0. The molecule has 0 N–H and O–H groups in total. The zero-order chi connectivity index (χ0) is 27.3. The van der Waals surface area contributed by atoms with Gasteiger partial charge in [-0.25, -0.2) is 0 Å². The Bertz CT molecular complexity index is 1660. The van der Waals surface area contributed by atoms with Crippen molar-refractivity contribution in [1.29, 1.82) is 0 Å². The second-order valence-electron chi connectivity index (χ2n) is 9.96. The van der Waals surface area contributed by atoms with Gasteiger partial charge in [0.15, 0.2) is 0 Å². The predicted octanol–water partition coefficient (Wildman–Crippen LogP) is 9.72. The van der Waals surface area contributed by atoms with Gasteiger partial charge in [-0.15, -0.1) is 69.8 Å². The number of para-hydroxylation sites is 2. The van der Waals surface area contributed by atoms with E-state index in [0.29, 0.717) is 0 Å². The van der Waals surface area contributed by atoms with Crippen LogP contribution in [0.15, 0.2) is 82.8 Å². The van der Waals surface area contributed by atoms with E-state index in [4.69, 9.17) is 27.0 Å². The van der Waals surface area contributed by atoms with E-state index in [1.54, 1.807) is 0 Å². The number of rotatable bonds is 0. The van der Waals surface area contributed by atoms with Crippen LogP contribution >= 0.6 is 17.0 Å². The second kappa shape index (κ2) is 10.6. The number of hydrogen-bond acceptors (Lipinski definition) is 2. The van der Waals surface area contributed by atoms with Gasteiger partial charge in [0.05, 0.1) is 11.4 Å². The summed E-state index contributed by atoms with van der Waals surface area (Å²) < 4.78 is 0. The van der Waals surface area contributed by atoms with Crippen LogP contribution in [-0.4, -0.2) is 11.4 Å². The molecule has 39 heavy (non-hydrogen) atoms. The summed E-state index contributed by atoms with van der Waals surface area (Å²) >= 11 is -0.826. The SMILES string of the molecule is CC1=C2C(=Nc3ccccc32)c2cc(C)c[c-]c21.CC1=C2C(=Nc3ccccc32)c2cc(C)c[c-]c21.[Cl][Zr+2][Cl]. The van der Waals surface area contributed by atoms with E-state index >= 15 is 0 Å². The fourth-order valence-corrected chi connectivity index (χ4v) is 5.78. The van der Waals surface area contributed by atoms with E-state index in [-0.39, 0.29) is 0 Å². The molecule has 2 aliphatic heterocycles. The third kappa shape index (κ3) is 4.46. The molecule has 5 heteroatoms. The first-order valence-electron chi connectivity index (χ1n) is 12.7. The van der Waals surface area contributed by atoms with Crippen LogP contribution in [0.1, 0.15) is 58.4 Å². The number of fused-ring (bicyclic) bond motifs is 10. The summed E-state index contributed by atoms with van der Waals surface area (Å²) in [6, 6.07) is 32.0. The molecule has 2 nitrogen and oxygen atoms in total. The van der Waals surface area contributed by atoms with E-state index in [1.165, 1.54) is 66.8 Å². The molecule has 0 spiro atoms. The van der Waals surface area contributed by atoms with E-state index < -0.39 is 20.8 Å². The van der Waals surface area contributed by atoms with E-state index in [2.05, 4.69) is 100 Å². The molecular formula is C34H24Cl2N2Zr. The van der Waals surface area contributed by atoms with Gasteiger partial charge in [-0.1, -0.05) is 75.2 Å². The van der Waals surface area contributed by atoms with Crippen LogP contribution in [0.3, 0.4) is 0 Å². The van der Waals surface area contributed by atoms with Crippen molar-refractivity contribution >= 4 is 62.1 Å². The molecule has 0 aromatic heterocycles. The number of hydrogen-bond donors (Lipinski definition) is 0. The Labute approximate surface area is 248 Å². The van der Waals surface area contributed by atoms with Crippen molar-refractivity contribution in [3.63, 3.8) is 0 Å². The van der Waals surface area contributed by atoms with Crippen molar-refractivity contribution in [3.05, 3.63) is 129 Å². The summed E-state index contributed by atoms with van der Waals surface area (Å²) in [5, 5.41) is 0. The summed E-state index contributed by atoms with van der Waals surface area (Å²) in [6.07, 6.45) is 0. The molecule has 4 aromatic rings. The van der Waals surface area contributed by atoms with Gasteiger partial charge in [-0.3, -0.25) is 9.98 Å². The summed E-state index contributed by atoms with van der Waals surface area (Å²) in [5.41, 5.74) is 19.5. The first-order chi connectivity index (χ1) is 18.9. The number of nitrogens with zero attached hydrogens (tertiary/aromatic N) is 2. The average molecular weight is 623 g/mol. The van der Waals surface area contributed by atoms with E-state index in [1.807, 2.05) is 12.1 Å². The molecule has 2 aliphatic carbocycles. The average Bonchev–Trinajstić information content (AvgIpc) is 3.64. The molecule has 2 heterocycles. The monoisotopic (exact) mass is 620 g/mol. The van der Waals surface area contributed by atoms with Crippen LogP contribution < -0.4 is 0 Å². The minimum absolute atomic E-state index is 0.826. The van der Waals surface area contributed by atoms with Gasteiger partial charge < -0.3 is 0 Å². The molecule has 0 saturated carbocycles. The quantitative estimate of drug-likeness (QED) is 0.175. The normalized spacial score (nSPS) is 14.4. The first kappa shape index (κ1) is 26.4. The number of halogens is 2. The Kier molecular flexibility index (Phi) is 7.19. The molecule has 0 fully saturated rings. The molecule has 4 aromatic carbocycles. The fraction of sp³-hybridized carbons (Fsp3) is 0.118. The number of aryl methyl sites for hydroxylation is 2. The van der Waals surface area contributed by atoms with Crippen LogP contribution in [0.25, 0.3) is 22.3 Å². The molecule has 0 atom stereocenters. The molecule has 8 rings (SSSR count). The van der Waals surface area contributed by atoms with Gasteiger partial charge >= 0.3 is 37.9 Å². The number of benzene rings is 4. The van der Waals surface area contributed by atoms with Gasteiger partial charge in [0, 0.05) is 11.4 Å². The maximum absolute atomic E-state index is 4.93. The zero-order valence-electron chi connectivity index (χ0n) is 22.1. The van der Waals surface area contributed by atoms with E-state index in [0.717, 1.165) is 22.8 Å². The molecule has 0 unspecified atom stereocenters. The molecule has 4 aliphatic rings.